The van der Waals surface area contributed by atoms with Gasteiger partial charge >= 0.3 is 5.97 Å². The maximum absolute atomic E-state index is 12.6. The van der Waals surface area contributed by atoms with Gasteiger partial charge in [-0.2, -0.15) is 0 Å². The van der Waals surface area contributed by atoms with Crippen molar-refractivity contribution in [1.29, 1.82) is 0 Å². The van der Waals surface area contributed by atoms with E-state index in [0.29, 0.717) is 17.8 Å². The number of non-ortho nitro benzene ring substituents is 2. The summed E-state index contributed by atoms with van der Waals surface area (Å²) in [6, 6.07) is 2.91. The molecule has 2 aliphatic carbocycles. The Morgan fingerprint density at radius 2 is 1.76 bits per heavy atom. The van der Waals surface area contributed by atoms with Crippen LogP contribution in [0.2, 0.25) is 0 Å². The van der Waals surface area contributed by atoms with Gasteiger partial charge in [0.05, 0.1) is 28.1 Å². The highest BCUT2D eigenvalue weighted by atomic mass is 16.6. The Morgan fingerprint density at radius 3 is 2.38 bits per heavy atom. The van der Waals surface area contributed by atoms with Gasteiger partial charge in [0.15, 0.2) is 0 Å². The Bertz CT molecular complexity index is 789. The van der Waals surface area contributed by atoms with E-state index in [2.05, 4.69) is 19.1 Å². The van der Waals surface area contributed by atoms with E-state index in [1.54, 1.807) is 0 Å². The molecule has 1 fully saturated rings. The average molecular weight is 402 g/mol. The Kier molecular flexibility index (Phi) is 6.61. The van der Waals surface area contributed by atoms with Crippen molar-refractivity contribution in [2.24, 2.45) is 23.7 Å². The zero-order valence-electron chi connectivity index (χ0n) is 16.5. The van der Waals surface area contributed by atoms with Gasteiger partial charge in [-0.15, -0.1) is 0 Å². The summed E-state index contributed by atoms with van der Waals surface area (Å²) in [5.41, 5.74) is -1.15. The summed E-state index contributed by atoms with van der Waals surface area (Å²) < 4.78 is 5.53. The molecule has 2 aliphatic rings. The van der Waals surface area contributed by atoms with Gasteiger partial charge in [-0.3, -0.25) is 20.2 Å². The second-order valence-corrected chi connectivity index (χ2v) is 8.02. The topological polar surface area (TPSA) is 113 Å². The van der Waals surface area contributed by atoms with E-state index in [0.717, 1.165) is 56.7 Å². The number of nitro benzene ring substituents is 2. The molecule has 1 saturated carbocycles. The first-order chi connectivity index (χ1) is 13.9. The number of nitro groups is 2. The third-order valence-electron chi connectivity index (χ3n) is 6.28. The minimum Gasteiger partial charge on any atom is -0.462 e. The molecule has 0 heterocycles. The first-order valence-corrected chi connectivity index (χ1v) is 10.2. The number of fused-ring (bicyclic) bond motifs is 1. The Labute approximate surface area is 169 Å². The molecular weight excluding hydrogens is 376 g/mol. The van der Waals surface area contributed by atoms with Gasteiger partial charge < -0.3 is 4.74 Å². The third kappa shape index (κ3) is 4.81. The lowest BCUT2D eigenvalue weighted by molar-refractivity contribution is -0.394. The summed E-state index contributed by atoms with van der Waals surface area (Å²) in [7, 11) is 0. The van der Waals surface area contributed by atoms with Crippen LogP contribution in [0.5, 0.6) is 0 Å². The van der Waals surface area contributed by atoms with Crippen molar-refractivity contribution >= 4 is 17.3 Å². The fourth-order valence-electron chi connectivity index (χ4n) is 4.84. The van der Waals surface area contributed by atoms with Crippen LogP contribution >= 0.6 is 0 Å². The molecule has 8 heteroatoms. The van der Waals surface area contributed by atoms with Crippen molar-refractivity contribution in [3.63, 3.8) is 0 Å². The smallest absolute Gasteiger partial charge is 0.338 e. The number of esters is 1. The van der Waals surface area contributed by atoms with Crippen molar-refractivity contribution in [2.45, 2.75) is 45.4 Å². The van der Waals surface area contributed by atoms with Crippen LogP contribution < -0.4 is 0 Å². The van der Waals surface area contributed by atoms with Crippen molar-refractivity contribution in [3.05, 3.63) is 56.1 Å². The molecule has 0 spiro atoms. The lowest BCUT2D eigenvalue weighted by Crippen LogP contribution is -2.25. The molecule has 3 rings (SSSR count). The molecule has 0 amide bonds. The number of allylic oxidation sites excluding steroid dienone is 2. The summed E-state index contributed by atoms with van der Waals surface area (Å²) in [6.07, 6.45) is 11.0. The molecule has 4 atom stereocenters. The first kappa shape index (κ1) is 21.0. The number of unbranched alkanes of at least 4 members (excludes halogenated alkanes) is 1. The Morgan fingerprint density at radius 1 is 1.10 bits per heavy atom. The SMILES string of the molecule is CCCC[C@@H]1C[C@@H]2CC=CC[C@@H]2[C@H]1COC(=O)c1cc([N+](=O)[O-])cc([N+](=O)[O-])c1. The van der Waals surface area contributed by atoms with E-state index in [1.807, 2.05) is 0 Å². The summed E-state index contributed by atoms with van der Waals surface area (Å²) in [4.78, 5) is 33.1. The molecule has 0 saturated heterocycles. The van der Waals surface area contributed by atoms with Gasteiger partial charge in [-0.25, -0.2) is 4.79 Å². The minimum atomic E-state index is -0.750. The number of nitrogens with zero attached hydrogens (tertiary/aromatic N) is 2. The largest absolute Gasteiger partial charge is 0.462 e. The van der Waals surface area contributed by atoms with Crippen molar-refractivity contribution in [3.8, 4) is 0 Å². The fourth-order valence-corrected chi connectivity index (χ4v) is 4.84. The quantitative estimate of drug-likeness (QED) is 0.260. The summed E-state index contributed by atoms with van der Waals surface area (Å²) in [5, 5.41) is 22.1. The summed E-state index contributed by atoms with van der Waals surface area (Å²) in [5.74, 6) is 1.10. The summed E-state index contributed by atoms with van der Waals surface area (Å²) >= 11 is 0. The molecule has 0 radical (unpaired) electrons. The third-order valence-corrected chi connectivity index (χ3v) is 6.28. The standard InChI is InChI=1S/C21H26N2O6/c1-2-3-6-15-9-14-7-4-5-8-19(14)20(15)13-29-21(24)16-10-17(22(25)26)12-18(11-16)23(27)28/h4-5,10-12,14-15,19-20H,2-3,6-9,13H2,1H3/t14-,15+,19-,20-/m0/s1. The zero-order valence-corrected chi connectivity index (χ0v) is 16.5. The van der Waals surface area contributed by atoms with Gasteiger partial charge in [-0.1, -0.05) is 38.3 Å². The lowest BCUT2D eigenvalue weighted by atomic mass is 9.80. The van der Waals surface area contributed by atoms with Gasteiger partial charge in [-0.05, 0) is 42.9 Å². The average Bonchev–Trinajstić information content (AvgIpc) is 3.07. The number of rotatable bonds is 8. The van der Waals surface area contributed by atoms with Crippen LogP contribution in [0, 0.1) is 43.9 Å². The first-order valence-electron chi connectivity index (χ1n) is 10.2. The number of benzene rings is 1. The van der Waals surface area contributed by atoms with E-state index in [1.165, 1.54) is 0 Å². The second-order valence-electron chi connectivity index (χ2n) is 8.02. The predicted octanol–water partition coefficient (Wildman–Crippen LogP) is 5.07. The van der Waals surface area contributed by atoms with Crippen molar-refractivity contribution in [2.75, 3.05) is 6.61 Å². The van der Waals surface area contributed by atoms with Gasteiger partial charge in [0.1, 0.15) is 0 Å². The van der Waals surface area contributed by atoms with Crippen LogP contribution in [0.1, 0.15) is 55.8 Å². The van der Waals surface area contributed by atoms with Crippen LogP contribution in [0.4, 0.5) is 11.4 Å². The second kappa shape index (κ2) is 9.15. The highest BCUT2D eigenvalue weighted by Crippen LogP contribution is 2.49. The molecule has 0 aliphatic heterocycles. The van der Waals surface area contributed by atoms with Crippen LogP contribution in [-0.4, -0.2) is 22.4 Å². The Hall–Kier alpha value is -2.77. The van der Waals surface area contributed by atoms with E-state index < -0.39 is 27.2 Å². The molecule has 1 aromatic rings. The number of hydrogen-bond donors (Lipinski definition) is 0. The lowest BCUT2D eigenvalue weighted by Gasteiger charge is -2.27. The fraction of sp³-hybridized carbons (Fsp3) is 0.571. The minimum absolute atomic E-state index is 0.158. The number of carbonyl (C=O) groups excluding carboxylic acids is 1. The van der Waals surface area contributed by atoms with Crippen LogP contribution in [0.3, 0.4) is 0 Å². The number of hydrogen-bond acceptors (Lipinski definition) is 6. The molecule has 156 valence electrons. The molecule has 29 heavy (non-hydrogen) atoms. The molecule has 0 aromatic heterocycles. The van der Waals surface area contributed by atoms with Crippen LogP contribution in [-0.2, 0) is 4.74 Å². The van der Waals surface area contributed by atoms with Crippen LogP contribution in [0.25, 0.3) is 0 Å². The predicted molar refractivity (Wildman–Crippen MR) is 107 cm³/mol. The van der Waals surface area contributed by atoms with Gasteiger partial charge in [0, 0.05) is 12.1 Å². The monoisotopic (exact) mass is 402 g/mol. The molecule has 1 aromatic carbocycles. The number of carbonyl (C=O) groups is 1. The van der Waals surface area contributed by atoms with Crippen molar-refractivity contribution < 1.29 is 19.4 Å². The van der Waals surface area contributed by atoms with E-state index >= 15 is 0 Å². The Balaban J connectivity index is 1.73. The molecule has 8 nitrogen and oxygen atoms in total. The van der Waals surface area contributed by atoms with E-state index in [4.69, 9.17) is 4.74 Å². The molecule has 0 bridgehead atoms. The molecule has 0 N–H and O–H groups in total. The highest BCUT2D eigenvalue weighted by molar-refractivity contribution is 5.91. The molecule has 0 unspecified atom stereocenters. The zero-order chi connectivity index (χ0) is 21.0. The van der Waals surface area contributed by atoms with E-state index in [9.17, 15) is 25.0 Å². The molecular formula is C21H26N2O6. The van der Waals surface area contributed by atoms with E-state index in [-0.39, 0.29) is 18.1 Å². The van der Waals surface area contributed by atoms with Crippen LogP contribution in [0.15, 0.2) is 30.4 Å². The van der Waals surface area contributed by atoms with Crippen molar-refractivity contribution in [1.82, 2.24) is 0 Å². The maximum Gasteiger partial charge on any atom is 0.338 e. The maximum atomic E-state index is 12.6. The normalized spacial score (nSPS) is 25.4. The highest BCUT2D eigenvalue weighted by Gasteiger charge is 2.43. The summed E-state index contributed by atoms with van der Waals surface area (Å²) in [6.45, 7) is 2.41. The number of ether oxygens (including phenoxy) is 1. The van der Waals surface area contributed by atoms with Gasteiger partial charge in [0.2, 0.25) is 0 Å². The van der Waals surface area contributed by atoms with Gasteiger partial charge in [0.25, 0.3) is 11.4 Å².